The molecule has 4 aromatic rings. The molecule has 0 amide bonds. The van der Waals surface area contributed by atoms with E-state index in [1.807, 2.05) is 41.4 Å². The summed E-state index contributed by atoms with van der Waals surface area (Å²) in [5.74, 6) is 0.533. The number of benzene rings is 4. The first-order valence-electron chi connectivity index (χ1n) is 11.5. The summed E-state index contributed by atoms with van der Waals surface area (Å²) in [4.78, 5) is 4.80. The van der Waals surface area contributed by atoms with Crippen LogP contribution in [0.4, 0.5) is 18.9 Å². The number of thioether (sulfide) groups is 1. The van der Waals surface area contributed by atoms with Crippen LogP contribution in [-0.2, 0) is 12.7 Å². The van der Waals surface area contributed by atoms with Crippen LogP contribution in [0.15, 0.2) is 102 Å². The molecule has 1 heterocycles. The minimum Gasteiger partial charge on any atom is -0.457 e. The maximum atomic E-state index is 13.1. The Morgan fingerprint density at radius 2 is 1.58 bits per heavy atom. The van der Waals surface area contributed by atoms with Crippen molar-refractivity contribution in [1.29, 1.82) is 0 Å². The lowest BCUT2D eigenvalue weighted by Crippen LogP contribution is -2.34. The second-order valence-corrected chi connectivity index (χ2v) is 10.3. The van der Waals surface area contributed by atoms with Crippen LogP contribution in [0.25, 0.3) is 0 Å². The molecule has 1 fully saturated rings. The maximum absolute atomic E-state index is 13.1. The van der Waals surface area contributed by atoms with Crippen LogP contribution in [0.1, 0.15) is 22.1 Å². The van der Waals surface area contributed by atoms with Gasteiger partial charge in [-0.1, -0.05) is 83.5 Å². The Morgan fingerprint density at radius 3 is 2.32 bits per heavy atom. The van der Waals surface area contributed by atoms with Gasteiger partial charge in [-0.3, -0.25) is 5.01 Å². The molecule has 194 valence electrons. The van der Waals surface area contributed by atoms with Crippen LogP contribution >= 0.6 is 35.0 Å². The fraction of sp³-hybridized carbons (Fsp3) is 0.107. The first-order chi connectivity index (χ1) is 18.2. The van der Waals surface area contributed by atoms with Crippen molar-refractivity contribution in [3.05, 3.63) is 124 Å². The minimum absolute atomic E-state index is 0.108. The number of hydrazine groups is 1. The third-order valence-corrected chi connectivity index (χ3v) is 7.47. The number of nitrogens with zero attached hydrogens (tertiary/aromatic N) is 2. The lowest BCUT2D eigenvalue weighted by atomic mass is 10.2. The number of halogens is 5. The number of hydrogen-bond donors (Lipinski definition) is 1. The Hall–Kier alpha value is -3.17. The van der Waals surface area contributed by atoms with E-state index in [2.05, 4.69) is 5.43 Å². The van der Waals surface area contributed by atoms with E-state index < -0.39 is 11.7 Å². The lowest BCUT2D eigenvalue weighted by molar-refractivity contribution is -0.137. The van der Waals surface area contributed by atoms with E-state index in [9.17, 15) is 13.2 Å². The quantitative estimate of drug-likeness (QED) is 0.249. The zero-order chi connectivity index (χ0) is 26.7. The monoisotopic (exact) mass is 573 g/mol. The highest BCUT2D eigenvalue weighted by atomic mass is 35.5. The second-order valence-electron chi connectivity index (χ2n) is 8.39. The summed E-state index contributed by atoms with van der Waals surface area (Å²) in [5, 5.41) is 3.32. The van der Waals surface area contributed by atoms with E-state index in [0.717, 1.165) is 28.4 Å². The van der Waals surface area contributed by atoms with Crippen molar-refractivity contribution in [2.45, 2.75) is 18.1 Å². The summed E-state index contributed by atoms with van der Waals surface area (Å²) in [6.45, 7) is 0.560. The van der Waals surface area contributed by atoms with Crippen molar-refractivity contribution in [2.75, 3.05) is 0 Å². The molecule has 0 aromatic heterocycles. The number of hydrogen-bond acceptors (Lipinski definition) is 4. The number of nitrogens with one attached hydrogen (secondary N) is 1. The molecule has 10 heteroatoms. The fourth-order valence-electron chi connectivity index (χ4n) is 3.78. The molecule has 0 bridgehead atoms. The standard InChI is InChI=1S/C28H20Cl2F3N3OS/c29-24-13-12-21(16-25(24)30)34-27-36(17-18-6-2-1-3-7-18)35-26(38-27)19-8-4-10-22(14-19)37-23-11-5-9-20(15-23)28(31,32)33/h1-16,26,35H,17H2. The minimum atomic E-state index is -4.45. The number of alkyl halides is 3. The highest BCUT2D eigenvalue weighted by Gasteiger charge is 2.31. The van der Waals surface area contributed by atoms with Crippen LogP contribution in [0.3, 0.4) is 0 Å². The molecule has 38 heavy (non-hydrogen) atoms. The Balaban J connectivity index is 1.40. The number of amidine groups is 1. The van der Waals surface area contributed by atoms with Gasteiger partial charge in [0, 0.05) is 0 Å². The van der Waals surface area contributed by atoms with Crippen molar-refractivity contribution < 1.29 is 17.9 Å². The van der Waals surface area contributed by atoms with E-state index in [0.29, 0.717) is 28.0 Å². The van der Waals surface area contributed by atoms with Crippen LogP contribution in [0.5, 0.6) is 11.5 Å². The summed E-state index contributed by atoms with van der Waals surface area (Å²) in [7, 11) is 0. The van der Waals surface area contributed by atoms with E-state index >= 15 is 0 Å². The average Bonchev–Trinajstić information content (AvgIpc) is 3.29. The largest absolute Gasteiger partial charge is 0.457 e. The van der Waals surface area contributed by atoms with Gasteiger partial charge in [-0.2, -0.15) is 13.2 Å². The van der Waals surface area contributed by atoms with Crippen LogP contribution in [0, 0.1) is 0 Å². The summed E-state index contributed by atoms with van der Waals surface area (Å²) in [5.41, 5.74) is 5.33. The second kappa shape index (κ2) is 11.3. The third-order valence-electron chi connectivity index (χ3n) is 5.60. The molecule has 1 unspecified atom stereocenters. The SMILES string of the molecule is FC(F)(F)c1cccc(Oc2cccc(C3NN(Cc4ccccc4)C(=Nc4ccc(Cl)c(Cl)c4)S3)c2)c1. The molecule has 4 nitrogen and oxygen atoms in total. The molecule has 4 aromatic carbocycles. The van der Waals surface area contributed by atoms with Crippen LogP contribution in [-0.4, -0.2) is 10.2 Å². The van der Waals surface area contributed by atoms with Gasteiger partial charge in [-0.25, -0.2) is 10.4 Å². The highest BCUT2D eigenvalue weighted by molar-refractivity contribution is 8.14. The van der Waals surface area contributed by atoms with Gasteiger partial charge in [0.1, 0.15) is 16.9 Å². The summed E-state index contributed by atoms with van der Waals surface area (Å²) < 4.78 is 45.1. The van der Waals surface area contributed by atoms with E-state index in [4.69, 9.17) is 32.9 Å². The first-order valence-corrected chi connectivity index (χ1v) is 13.1. The summed E-state index contributed by atoms with van der Waals surface area (Å²) in [6, 6.07) is 27.2. The molecule has 1 aliphatic heterocycles. The van der Waals surface area contributed by atoms with Gasteiger partial charge < -0.3 is 4.74 Å². The van der Waals surface area contributed by atoms with Gasteiger partial charge in [0.25, 0.3) is 0 Å². The molecule has 0 radical (unpaired) electrons. The highest BCUT2D eigenvalue weighted by Crippen LogP contribution is 2.39. The summed E-state index contributed by atoms with van der Waals surface area (Å²) in [6.07, 6.45) is -4.45. The Labute approximate surface area is 232 Å². The lowest BCUT2D eigenvalue weighted by Gasteiger charge is -2.19. The molecule has 1 aliphatic rings. The Bertz CT molecular complexity index is 1470. The van der Waals surface area contributed by atoms with Gasteiger partial charge in [0.15, 0.2) is 5.17 Å². The van der Waals surface area contributed by atoms with Crippen LogP contribution in [0.2, 0.25) is 10.0 Å². The Morgan fingerprint density at radius 1 is 0.842 bits per heavy atom. The van der Waals surface area contributed by atoms with Crippen molar-refractivity contribution in [3.63, 3.8) is 0 Å². The zero-order valence-corrected chi connectivity index (χ0v) is 22.0. The maximum Gasteiger partial charge on any atom is 0.416 e. The Kier molecular flexibility index (Phi) is 7.85. The van der Waals surface area contributed by atoms with Crippen molar-refractivity contribution in [2.24, 2.45) is 4.99 Å². The predicted molar refractivity (Wildman–Crippen MR) is 147 cm³/mol. The van der Waals surface area contributed by atoms with Crippen molar-refractivity contribution in [3.8, 4) is 11.5 Å². The van der Waals surface area contributed by atoms with Crippen molar-refractivity contribution >= 4 is 45.8 Å². The average molecular weight is 574 g/mol. The molecular formula is C28H20Cl2F3N3OS. The molecule has 1 atom stereocenters. The van der Waals surface area contributed by atoms with E-state index in [1.54, 1.807) is 36.4 Å². The molecule has 0 aliphatic carbocycles. The van der Waals surface area contributed by atoms with Gasteiger partial charge in [-0.15, -0.1) is 0 Å². The zero-order valence-electron chi connectivity index (χ0n) is 19.6. The summed E-state index contributed by atoms with van der Waals surface area (Å²) >= 11 is 13.8. The molecule has 0 spiro atoms. The van der Waals surface area contributed by atoms with E-state index in [-0.39, 0.29) is 11.1 Å². The van der Waals surface area contributed by atoms with Gasteiger partial charge in [0.2, 0.25) is 0 Å². The number of aliphatic imine (C=N–C) groups is 1. The number of ether oxygens (including phenoxy) is 1. The smallest absolute Gasteiger partial charge is 0.416 e. The van der Waals surface area contributed by atoms with Gasteiger partial charge >= 0.3 is 6.18 Å². The molecular weight excluding hydrogens is 554 g/mol. The topological polar surface area (TPSA) is 36.9 Å². The molecule has 1 N–H and O–H groups in total. The predicted octanol–water partition coefficient (Wildman–Crippen LogP) is 9.24. The third kappa shape index (κ3) is 6.45. The van der Waals surface area contributed by atoms with Crippen LogP contribution < -0.4 is 10.2 Å². The normalized spacial score (nSPS) is 16.7. The fourth-order valence-corrected chi connectivity index (χ4v) is 5.15. The van der Waals surface area contributed by atoms with Gasteiger partial charge in [0.05, 0.1) is 27.8 Å². The van der Waals surface area contributed by atoms with E-state index in [1.165, 1.54) is 23.9 Å². The first kappa shape index (κ1) is 26.4. The molecule has 5 rings (SSSR count). The van der Waals surface area contributed by atoms with Crippen molar-refractivity contribution in [1.82, 2.24) is 10.4 Å². The molecule has 1 saturated heterocycles. The molecule has 0 saturated carbocycles. The number of rotatable bonds is 6. The van der Waals surface area contributed by atoms with Gasteiger partial charge in [-0.05, 0) is 59.7 Å².